The van der Waals surface area contributed by atoms with Gasteiger partial charge in [-0.15, -0.1) is 0 Å². The number of nitrogens with zero attached hydrogens (tertiary/aromatic N) is 2. The number of hydrogen-bond donors (Lipinski definition) is 4. The van der Waals surface area contributed by atoms with Gasteiger partial charge in [0.2, 0.25) is 5.95 Å². The average Bonchev–Trinajstić information content (AvgIpc) is 2.47. The molecule has 0 aliphatic heterocycles. The van der Waals surface area contributed by atoms with E-state index in [4.69, 9.17) is 5.11 Å². The summed E-state index contributed by atoms with van der Waals surface area (Å²) in [5.41, 5.74) is -1.06. The smallest absolute Gasteiger partial charge is 0.433 e. The van der Waals surface area contributed by atoms with Crippen molar-refractivity contribution in [3.05, 3.63) is 18.0 Å². The zero-order valence-electron chi connectivity index (χ0n) is 12.0. The predicted molar refractivity (Wildman–Crippen MR) is 73.8 cm³/mol. The number of carbonyl (C=O) groups is 2. The van der Waals surface area contributed by atoms with E-state index in [0.29, 0.717) is 6.42 Å². The maximum absolute atomic E-state index is 12.4. The van der Waals surface area contributed by atoms with Crippen LogP contribution in [0.1, 0.15) is 18.5 Å². The quantitative estimate of drug-likeness (QED) is 0.528. The van der Waals surface area contributed by atoms with E-state index in [1.807, 2.05) is 0 Å². The molecule has 128 valence electrons. The summed E-state index contributed by atoms with van der Waals surface area (Å²) in [5, 5.41) is 15.9. The van der Waals surface area contributed by atoms with Crippen LogP contribution in [0.3, 0.4) is 0 Å². The van der Waals surface area contributed by atoms with Crippen molar-refractivity contribution in [2.45, 2.75) is 19.0 Å². The molecule has 0 spiro atoms. The third-order valence-corrected chi connectivity index (χ3v) is 2.49. The number of carboxylic acid groups (broad SMARTS) is 1. The Hall–Kier alpha value is -2.59. The summed E-state index contributed by atoms with van der Waals surface area (Å²) < 4.78 is 37.3. The van der Waals surface area contributed by atoms with Gasteiger partial charge in [0.25, 0.3) is 0 Å². The molecule has 0 unspecified atom stereocenters. The summed E-state index contributed by atoms with van der Waals surface area (Å²) in [4.78, 5) is 28.5. The lowest BCUT2D eigenvalue weighted by molar-refractivity contribution is -0.141. The highest BCUT2D eigenvalue weighted by Gasteiger charge is 2.32. The fraction of sp³-hybridized carbons (Fsp3) is 0.500. The Morgan fingerprint density at radius 3 is 2.52 bits per heavy atom. The van der Waals surface area contributed by atoms with Crippen molar-refractivity contribution in [2.75, 3.05) is 25.0 Å². The van der Waals surface area contributed by atoms with Gasteiger partial charge in [-0.3, -0.25) is 4.79 Å². The number of aromatic nitrogens is 2. The number of urea groups is 1. The lowest BCUT2D eigenvalue weighted by atomic mass is 10.3. The van der Waals surface area contributed by atoms with Gasteiger partial charge in [-0.25, -0.2) is 14.8 Å². The van der Waals surface area contributed by atoms with E-state index in [-0.39, 0.29) is 32.0 Å². The van der Waals surface area contributed by atoms with Crippen LogP contribution in [0.4, 0.5) is 23.9 Å². The van der Waals surface area contributed by atoms with Crippen LogP contribution in [0, 0.1) is 0 Å². The largest absolute Gasteiger partial charge is 0.481 e. The molecular formula is C12H16F3N5O3. The fourth-order valence-electron chi connectivity index (χ4n) is 1.46. The lowest BCUT2D eigenvalue weighted by Gasteiger charge is -2.09. The van der Waals surface area contributed by atoms with Gasteiger partial charge < -0.3 is 21.1 Å². The van der Waals surface area contributed by atoms with Gasteiger partial charge in [-0.2, -0.15) is 13.2 Å². The van der Waals surface area contributed by atoms with Crippen LogP contribution in [0.25, 0.3) is 0 Å². The third-order valence-electron chi connectivity index (χ3n) is 2.49. The number of rotatable bonds is 8. The van der Waals surface area contributed by atoms with Crippen LogP contribution in [0.15, 0.2) is 12.3 Å². The number of anilines is 1. The standard InChI is InChI=1S/C12H16F3N5O3/c13-12(14,15)8-3-5-16-10(20-8)17-6-7-19-11(23)18-4-1-2-9(21)22/h3,5H,1-2,4,6-7H2,(H,21,22)(H,16,17,20)(H2,18,19,23). The van der Waals surface area contributed by atoms with Gasteiger partial charge in [0.1, 0.15) is 5.69 Å². The maximum atomic E-state index is 12.4. The summed E-state index contributed by atoms with van der Waals surface area (Å²) in [5.74, 6) is -1.14. The minimum Gasteiger partial charge on any atom is -0.481 e. The van der Waals surface area contributed by atoms with E-state index < -0.39 is 23.9 Å². The van der Waals surface area contributed by atoms with Crippen LogP contribution in [-0.4, -0.2) is 46.7 Å². The highest BCUT2D eigenvalue weighted by Crippen LogP contribution is 2.27. The molecule has 4 N–H and O–H groups in total. The molecule has 11 heteroatoms. The highest BCUT2D eigenvalue weighted by atomic mass is 19.4. The molecule has 2 amide bonds. The van der Waals surface area contributed by atoms with Gasteiger partial charge >= 0.3 is 18.2 Å². The molecule has 0 bridgehead atoms. The zero-order chi connectivity index (χ0) is 17.3. The minimum absolute atomic E-state index is 0.0469. The molecular weight excluding hydrogens is 319 g/mol. The second kappa shape index (κ2) is 8.76. The van der Waals surface area contributed by atoms with Gasteiger partial charge in [0.15, 0.2) is 0 Å². The Kier molecular flexibility index (Phi) is 7.03. The molecule has 1 rings (SSSR count). The van der Waals surface area contributed by atoms with E-state index in [2.05, 4.69) is 25.9 Å². The van der Waals surface area contributed by atoms with Crippen LogP contribution in [0.5, 0.6) is 0 Å². The average molecular weight is 335 g/mol. The lowest BCUT2D eigenvalue weighted by Crippen LogP contribution is -2.38. The molecule has 0 aliphatic rings. The van der Waals surface area contributed by atoms with Crippen LogP contribution in [0.2, 0.25) is 0 Å². The number of nitrogens with one attached hydrogen (secondary N) is 3. The number of carboxylic acids is 1. The molecule has 0 fully saturated rings. The summed E-state index contributed by atoms with van der Waals surface area (Å²) in [6.45, 7) is 0.469. The SMILES string of the molecule is O=C(O)CCCNC(=O)NCCNc1nccc(C(F)(F)F)n1. The van der Waals surface area contributed by atoms with Crippen LogP contribution < -0.4 is 16.0 Å². The Morgan fingerprint density at radius 2 is 1.87 bits per heavy atom. The van der Waals surface area contributed by atoms with E-state index in [9.17, 15) is 22.8 Å². The Balaban J connectivity index is 2.22. The van der Waals surface area contributed by atoms with Gasteiger partial charge in [0.05, 0.1) is 0 Å². The normalized spacial score (nSPS) is 10.9. The molecule has 8 nitrogen and oxygen atoms in total. The summed E-state index contributed by atoms with van der Waals surface area (Å²) in [7, 11) is 0. The van der Waals surface area contributed by atoms with Crippen molar-refractivity contribution in [2.24, 2.45) is 0 Å². The number of carbonyl (C=O) groups excluding carboxylic acids is 1. The first-order valence-electron chi connectivity index (χ1n) is 6.66. The van der Waals surface area contributed by atoms with E-state index in [1.54, 1.807) is 0 Å². The topological polar surface area (TPSA) is 116 Å². The Morgan fingerprint density at radius 1 is 1.17 bits per heavy atom. The number of aliphatic carboxylic acids is 1. The van der Waals surface area contributed by atoms with Crippen molar-refractivity contribution in [1.82, 2.24) is 20.6 Å². The van der Waals surface area contributed by atoms with Gasteiger partial charge in [-0.1, -0.05) is 0 Å². The van der Waals surface area contributed by atoms with E-state index >= 15 is 0 Å². The summed E-state index contributed by atoms with van der Waals surface area (Å²) in [6, 6.07) is 0.260. The fourth-order valence-corrected chi connectivity index (χ4v) is 1.46. The van der Waals surface area contributed by atoms with Gasteiger partial charge in [0, 0.05) is 32.3 Å². The summed E-state index contributed by atoms with van der Waals surface area (Å²) >= 11 is 0. The predicted octanol–water partition coefficient (Wildman–Crippen LogP) is 1.07. The van der Waals surface area contributed by atoms with Crippen molar-refractivity contribution in [3.8, 4) is 0 Å². The minimum atomic E-state index is -4.55. The van der Waals surface area contributed by atoms with E-state index in [0.717, 1.165) is 12.3 Å². The second-order valence-corrected chi connectivity index (χ2v) is 4.37. The molecule has 0 aliphatic carbocycles. The van der Waals surface area contributed by atoms with Crippen molar-refractivity contribution in [1.29, 1.82) is 0 Å². The van der Waals surface area contributed by atoms with Crippen molar-refractivity contribution < 1.29 is 27.9 Å². The highest BCUT2D eigenvalue weighted by molar-refractivity contribution is 5.73. The molecule has 1 aromatic rings. The van der Waals surface area contributed by atoms with Gasteiger partial charge in [-0.05, 0) is 12.5 Å². The number of amides is 2. The molecule has 0 saturated heterocycles. The molecule has 0 radical (unpaired) electrons. The second-order valence-electron chi connectivity index (χ2n) is 4.37. The zero-order valence-corrected chi connectivity index (χ0v) is 12.0. The molecule has 0 aromatic carbocycles. The molecule has 0 saturated carbocycles. The Labute approximate surface area is 129 Å². The number of alkyl halides is 3. The monoisotopic (exact) mass is 335 g/mol. The van der Waals surface area contributed by atoms with E-state index in [1.165, 1.54) is 0 Å². The Bertz CT molecular complexity index is 539. The molecule has 23 heavy (non-hydrogen) atoms. The number of halogens is 3. The van der Waals surface area contributed by atoms with Crippen molar-refractivity contribution >= 4 is 17.9 Å². The first-order chi connectivity index (χ1) is 10.8. The maximum Gasteiger partial charge on any atom is 0.433 e. The third kappa shape index (κ3) is 7.83. The van der Waals surface area contributed by atoms with Crippen molar-refractivity contribution in [3.63, 3.8) is 0 Å². The first kappa shape index (κ1) is 18.5. The van der Waals surface area contributed by atoms with Crippen LogP contribution >= 0.6 is 0 Å². The van der Waals surface area contributed by atoms with Crippen LogP contribution in [-0.2, 0) is 11.0 Å². The molecule has 0 atom stereocenters. The number of hydrogen-bond acceptors (Lipinski definition) is 5. The molecule has 1 heterocycles. The molecule has 1 aromatic heterocycles. The summed E-state index contributed by atoms with van der Waals surface area (Å²) in [6.07, 6.45) is -3.30. The first-order valence-corrected chi connectivity index (χ1v) is 6.66.